The van der Waals surface area contributed by atoms with E-state index in [2.05, 4.69) is 15.6 Å². The molecule has 0 radical (unpaired) electrons. The molecule has 0 saturated heterocycles. The van der Waals surface area contributed by atoms with Crippen LogP contribution in [0, 0.1) is 0 Å². The first-order chi connectivity index (χ1) is 13.8. The highest BCUT2D eigenvalue weighted by Gasteiger charge is 2.11. The lowest BCUT2D eigenvalue weighted by molar-refractivity contribution is -0.119. The molecule has 0 bridgehead atoms. The van der Waals surface area contributed by atoms with Crippen molar-refractivity contribution in [2.45, 2.75) is 32.6 Å². The number of rotatable bonds is 10. The van der Waals surface area contributed by atoms with Gasteiger partial charge in [-0.15, -0.1) is 11.3 Å². The van der Waals surface area contributed by atoms with Crippen LogP contribution in [0.5, 0.6) is 0 Å². The van der Waals surface area contributed by atoms with Gasteiger partial charge in [-0.2, -0.15) is 0 Å². The van der Waals surface area contributed by atoms with E-state index in [9.17, 15) is 14.4 Å². The molecular formula is C19H21Cl2N3O3S2. The second-order valence-corrected chi connectivity index (χ2v) is 9.01. The van der Waals surface area contributed by atoms with Crippen LogP contribution in [0.25, 0.3) is 11.3 Å². The number of benzene rings is 1. The number of carbonyl (C=O) groups excluding carboxylic acids is 3. The fraction of sp³-hybridized carbons (Fsp3) is 0.368. The maximum atomic E-state index is 12.1. The van der Waals surface area contributed by atoms with Crippen LogP contribution in [0.4, 0.5) is 5.13 Å². The molecule has 1 aromatic heterocycles. The van der Waals surface area contributed by atoms with Crippen LogP contribution < -0.4 is 10.6 Å². The molecule has 10 heteroatoms. The summed E-state index contributed by atoms with van der Waals surface area (Å²) in [6.45, 7) is 1.97. The molecule has 2 aromatic rings. The van der Waals surface area contributed by atoms with E-state index in [4.69, 9.17) is 23.2 Å². The summed E-state index contributed by atoms with van der Waals surface area (Å²) < 4.78 is 0. The summed E-state index contributed by atoms with van der Waals surface area (Å²) in [5, 5.41) is 8.88. The lowest BCUT2D eigenvalue weighted by Crippen LogP contribution is -2.26. The largest absolute Gasteiger partial charge is 0.355 e. The van der Waals surface area contributed by atoms with E-state index in [0.717, 1.165) is 30.2 Å². The number of unbranched alkanes of at least 4 members (excludes halogenated alkanes) is 2. The van der Waals surface area contributed by atoms with Crippen LogP contribution in [-0.4, -0.2) is 34.2 Å². The third-order valence-corrected chi connectivity index (χ3v) is 5.89. The van der Waals surface area contributed by atoms with E-state index in [1.165, 1.54) is 18.3 Å². The maximum Gasteiger partial charge on any atom is 0.230 e. The Kier molecular flexibility index (Phi) is 9.93. The predicted molar refractivity (Wildman–Crippen MR) is 121 cm³/mol. The van der Waals surface area contributed by atoms with Crippen LogP contribution in [0.3, 0.4) is 0 Å². The van der Waals surface area contributed by atoms with E-state index in [-0.39, 0.29) is 22.7 Å². The normalized spacial score (nSPS) is 10.6. The van der Waals surface area contributed by atoms with Gasteiger partial charge in [-0.1, -0.05) is 41.4 Å². The van der Waals surface area contributed by atoms with Crippen LogP contribution in [0.2, 0.25) is 10.0 Å². The Balaban J connectivity index is 1.65. The lowest BCUT2D eigenvalue weighted by Gasteiger charge is -2.05. The predicted octanol–water partition coefficient (Wildman–Crippen LogP) is 5.01. The second kappa shape index (κ2) is 12.2. The summed E-state index contributed by atoms with van der Waals surface area (Å²) in [6, 6.07) is 5.19. The lowest BCUT2D eigenvalue weighted by atomic mass is 10.2. The van der Waals surface area contributed by atoms with Crippen LogP contribution >= 0.6 is 46.3 Å². The molecule has 2 N–H and O–H groups in total. The zero-order chi connectivity index (χ0) is 21.2. The zero-order valence-corrected chi connectivity index (χ0v) is 18.9. The molecule has 0 aliphatic rings. The van der Waals surface area contributed by atoms with E-state index in [1.807, 2.05) is 5.38 Å². The number of thiazole rings is 1. The van der Waals surface area contributed by atoms with E-state index in [0.29, 0.717) is 40.3 Å². The third kappa shape index (κ3) is 8.74. The summed E-state index contributed by atoms with van der Waals surface area (Å²) in [6.07, 6.45) is 2.69. The summed E-state index contributed by atoms with van der Waals surface area (Å²) in [7, 11) is 0. The highest BCUT2D eigenvalue weighted by Crippen LogP contribution is 2.32. The Morgan fingerprint density at radius 1 is 1.14 bits per heavy atom. The quantitative estimate of drug-likeness (QED) is 0.473. The highest BCUT2D eigenvalue weighted by atomic mass is 35.5. The van der Waals surface area contributed by atoms with Gasteiger partial charge in [0.2, 0.25) is 11.8 Å². The molecule has 2 amide bonds. The maximum absolute atomic E-state index is 12.1. The minimum Gasteiger partial charge on any atom is -0.355 e. The standard InChI is InChI=1S/C19H21Cl2N3O3S2/c1-12(25)28-11-18(27)22-8-4-2-3-5-17(26)24-19-23-16(10-29-19)14-7-6-13(20)9-15(14)21/h6-7,9-10H,2-5,8,11H2,1H3,(H,22,27)(H,23,24,26). The minimum atomic E-state index is -0.150. The molecule has 6 nitrogen and oxygen atoms in total. The number of halogens is 2. The number of carbonyl (C=O) groups is 3. The van der Waals surface area contributed by atoms with Crippen molar-refractivity contribution >= 4 is 68.4 Å². The fourth-order valence-electron chi connectivity index (χ4n) is 2.37. The van der Waals surface area contributed by atoms with Crippen molar-refractivity contribution in [2.24, 2.45) is 0 Å². The number of amides is 2. The van der Waals surface area contributed by atoms with Gasteiger partial charge in [-0.3, -0.25) is 14.4 Å². The van der Waals surface area contributed by atoms with Crippen molar-refractivity contribution in [2.75, 3.05) is 17.6 Å². The molecule has 0 saturated carbocycles. The first-order valence-corrected chi connectivity index (χ1v) is 11.6. The summed E-state index contributed by atoms with van der Waals surface area (Å²) in [5.41, 5.74) is 1.45. The Hall–Kier alpha value is -1.61. The van der Waals surface area contributed by atoms with E-state index < -0.39 is 0 Å². The van der Waals surface area contributed by atoms with Gasteiger partial charge in [0.25, 0.3) is 0 Å². The highest BCUT2D eigenvalue weighted by molar-refractivity contribution is 8.14. The van der Waals surface area contributed by atoms with Gasteiger partial charge >= 0.3 is 0 Å². The Bertz CT molecular complexity index is 874. The molecule has 0 aliphatic carbocycles. The number of thioether (sulfide) groups is 1. The number of hydrogen-bond acceptors (Lipinski definition) is 6. The topological polar surface area (TPSA) is 88.2 Å². The minimum absolute atomic E-state index is 0.0743. The zero-order valence-electron chi connectivity index (χ0n) is 15.8. The number of anilines is 1. The van der Waals surface area contributed by atoms with Gasteiger partial charge in [-0.25, -0.2) is 4.98 Å². The molecule has 0 fully saturated rings. The number of aromatic nitrogens is 1. The number of nitrogens with one attached hydrogen (secondary N) is 2. The van der Waals surface area contributed by atoms with Crippen molar-refractivity contribution in [3.8, 4) is 11.3 Å². The van der Waals surface area contributed by atoms with Crippen molar-refractivity contribution in [3.05, 3.63) is 33.6 Å². The van der Waals surface area contributed by atoms with Gasteiger partial charge in [-0.05, 0) is 31.0 Å². The van der Waals surface area contributed by atoms with Gasteiger partial charge < -0.3 is 10.6 Å². The average molecular weight is 474 g/mol. The molecule has 2 rings (SSSR count). The van der Waals surface area contributed by atoms with Crippen LogP contribution in [0.1, 0.15) is 32.6 Å². The molecule has 1 heterocycles. The van der Waals surface area contributed by atoms with Crippen LogP contribution in [0.15, 0.2) is 23.6 Å². The molecule has 156 valence electrons. The van der Waals surface area contributed by atoms with Crippen molar-refractivity contribution in [1.29, 1.82) is 0 Å². The number of hydrogen-bond donors (Lipinski definition) is 2. The molecule has 0 aliphatic heterocycles. The summed E-state index contributed by atoms with van der Waals surface area (Å²) >= 11 is 14.4. The Morgan fingerprint density at radius 2 is 1.93 bits per heavy atom. The molecule has 29 heavy (non-hydrogen) atoms. The molecular weight excluding hydrogens is 453 g/mol. The monoisotopic (exact) mass is 473 g/mol. The van der Waals surface area contributed by atoms with Crippen molar-refractivity contribution < 1.29 is 14.4 Å². The van der Waals surface area contributed by atoms with Crippen molar-refractivity contribution in [1.82, 2.24) is 10.3 Å². The first kappa shape index (κ1) is 23.7. The van der Waals surface area contributed by atoms with Crippen molar-refractivity contribution in [3.63, 3.8) is 0 Å². The third-order valence-electron chi connectivity index (χ3n) is 3.77. The fourth-order valence-corrected chi connectivity index (χ4v) is 4.04. The Labute approximate surface area is 187 Å². The average Bonchev–Trinajstić information content (AvgIpc) is 3.10. The second-order valence-electron chi connectivity index (χ2n) is 6.15. The molecule has 0 spiro atoms. The summed E-state index contributed by atoms with van der Waals surface area (Å²) in [4.78, 5) is 38.7. The number of nitrogens with zero attached hydrogens (tertiary/aromatic N) is 1. The van der Waals surface area contributed by atoms with Gasteiger partial charge in [0.1, 0.15) is 0 Å². The van der Waals surface area contributed by atoms with Gasteiger partial charge in [0.05, 0.1) is 16.5 Å². The Morgan fingerprint density at radius 3 is 2.66 bits per heavy atom. The van der Waals surface area contributed by atoms with E-state index in [1.54, 1.807) is 18.2 Å². The smallest absolute Gasteiger partial charge is 0.230 e. The van der Waals surface area contributed by atoms with E-state index >= 15 is 0 Å². The first-order valence-electron chi connectivity index (χ1n) is 8.96. The molecule has 0 atom stereocenters. The van der Waals surface area contributed by atoms with Gasteiger partial charge in [0.15, 0.2) is 10.2 Å². The van der Waals surface area contributed by atoms with Crippen LogP contribution in [-0.2, 0) is 14.4 Å². The molecule has 1 aromatic carbocycles. The SMILES string of the molecule is CC(=O)SCC(=O)NCCCCCC(=O)Nc1nc(-c2ccc(Cl)cc2Cl)cs1. The van der Waals surface area contributed by atoms with Gasteiger partial charge in [0, 0.05) is 35.9 Å². The summed E-state index contributed by atoms with van der Waals surface area (Å²) in [5.74, 6) is -0.104. The molecule has 0 unspecified atom stereocenters.